The van der Waals surface area contributed by atoms with Crippen LogP contribution in [-0.4, -0.2) is 15.0 Å². The molecule has 1 atom stereocenters. The van der Waals surface area contributed by atoms with Crippen LogP contribution in [0.4, 0.5) is 5.82 Å². The topological polar surface area (TPSA) is 88.5 Å². The van der Waals surface area contributed by atoms with Crippen LogP contribution >= 0.6 is 0 Å². The van der Waals surface area contributed by atoms with E-state index in [1.54, 1.807) is 24.5 Å². The summed E-state index contributed by atoms with van der Waals surface area (Å²) in [5.74, 6) is 0.195. The summed E-state index contributed by atoms with van der Waals surface area (Å²) < 4.78 is 0. The molecule has 5 heteroatoms. The Labute approximate surface area is 169 Å². The van der Waals surface area contributed by atoms with Crippen molar-refractivity contribution in [2.75, 3.05) is 5.73 Å². The Kier molecular flexibility index (Phi) is 5.26. The summed E-state index contributed by atoms with van der Waals surface area (Å²) in [5, 5.41) is 9.43. The number of benzene rings is 1. The molecule has 29 heavy (non-hydrogen) atoms. The number of nitrogens with two attached hydrogens (primary N) is 1. The van der Waals surface area contributed by atoms with Crippen LogP contribution in [0.2, 0.25) is 0 Å². The van der Waals surface area contributed by atoms with Gasteiger partial charge in [-0.15, -0.1) is 0 Å². The zero-order valence-electron chi connectivity index (χ0n) is 15.7. The highest BCUT2D eigenvalue weighted by atomic mass is 14.8. The molecule has 0 saturated carbocycles. The van der Waals surface area contributed by atoms with E-state index in [9.17, 15) is 5.26 Å². The normalized spacial score (nSPS) is 11.7. The van der Waals surface area contributed by atoms with Crippen molar-refractivity contribution in [3.63, 3.8) is 0 Å². The van der Waals surface area contributed by atoms with Crippen LogP contribution < -0.4 is 5.73 Å². The van der Waals surface area contributed by atoms with Crippen LogP contribution in [0.1, 0.15) is 39.8 Å². The number of rotatable bonds is 5. The summed E-state index contributed by atoms with van der Waals surface area (Å²) >= 11 is 0. The molecule has 1 aromatic carbocycles. The molecule has 2 N–H and O–H groups in total. The van der Waals surface area contributed by atoms with E-state index < -0.39 is 0 Å². The monoisotopic (exact) mass is 377 g/mol. The number of nitrogen functional groups attached to an aromatic ring is 1. The molecule has 0 aliphatic rings. The van der Waals surface area contributed by atoms with Crippen LogP contribution in [0.15, 0.2) is 91.5 Å². The quantitative estimate of drug-likeness (QED) is 0.560. The molecule has 3 heterocycles. The third-order valence-electron chi connectivity index (χ3n) is 4.91. The van der Waals surface area contributed by atoms with Gasteiger partial charge in [0.25, 0.3) is 0 Å². The fraction of sp³-hybridized carbons (Fsp3) is 0.0833. The molecule has 0 saturated heterocycles. The number of aromatic nitrogens is 3. The number of nitrogens with zero attached hydrogens (tertiary/aromatic N) is 4. The first-order valence-electron chi connectivity index (χ1n) is 9.28. The van der Waals surface area contributed by atoms with E-state index in [0.29, 0.717) is 11.4 Å². The van der Waals surface area contributed by atoms with Crippen molar-refractivity contribution in [2.24, 2.45) is 0 Å². The third kappa shape index (κ3) is 3.97. The smallest absolute Gasteiger partial charge is 0.123 e. The highest BCUT2D eigenvalue weighted by molar-refractivity contribution is 5.45. The lowest BCUT2D eigenvalue weighted by Gasteiger charge is -2.28. The zero-order chi connectivity index (χ0) is 20.1. The van der Waals surface area contributed by atoms with Crippen molar-refractivity contribution in [3.05, 3.63) is 119 Å². The molecule has 140 valence electrons. The number of anilines is 1. The van der Waals surface area contributed by atoms with E-state index in [-0.39, 0.29) is 11.8 Å². The SMILES string of the molecule is N#Cc1cccc(C(c2cccc(N)n2)C(c2cccnc2)c2cccnc2)c1. The summed E-state index contributed by atoms with van der Waals surface area (Å²) in [6, 6.07) is 23.5. The number of hydrogen-bond donors (Lipinski definition) is 1. The first-order valence-corrected chi connectivity index (χ1v) is 9.28. The summed E-state index contributed by atoms with van der Waals surface area (Å²) in [4.78, 5) is 13.3. The maximum Gasteiger partial charge on any atom is 0.123 e. The van der Waals surface area contributed by atoms with Gasteiger partial charge in [0.1, 0.15) is 5.82 Å². The van der Waals surface area contributed by atoms with Crippen LogP contribution in [0, 0.1) is 11.3 Å². The molecule has 3 aromatic heterocycles. The first kappa shape index (κ1) is 18.3. The van der Waals surface area contributed by atoms with Gasteiger partial charge in [0.05, 0.1) is 17.3 Å². The number of pyridine rings is 3. The minimum absolute atomic E-state index is 0.0966. The van der Waals surface area contributed by atoms with Crippen molar-refractivity contribution >= 4 is 5.82 Å². The fourth-order valence-electron chi connectivity index (χ4n) is 3.67. The van der Waals surface area contributed by atoms with Crippen molar-refractivity contribution in [1.82, 2.24) is 15.0 Å². The van der Waals surface area contributed by atoms with Gasteiger partial charge in [0.15, 0.2) is 0 Å². The number of nitriles is 1. The van der Waals surface area contributed by atoms with E-state index >= 15 is 0 Å². The van der Waals surface area contributed by atoms with Crippen LogP contribution in [0.25, 0.3) is 0 Å². The second kappa shape index (κ2) is 8.32. The Hall–Kier alpha value is -4.04. The third-order valence-corrected chi connectivity index (χ3v) is 4.91. The van der Waals surface area contributed by atoms with Crippen molar-refractivity contribution in [3.8, 4) is 6.07 Å². The average Bonchev–Trinajstić information content (AvgIpc) is 2.78. The maximum atomic E-state index is 9.43. The molecule has 0 aliphatic heterocycles. The number of hydrogen-bond acceptors (Lipinski definition) is 5. The molecule has 0 amide bonds. The predicted molar refractivity (Wildman–Crippen MR) is 112 cm³/mol. The van der Waals surface area contributed by atoms with Crippen molar-refractivity contribution in [2.45, 2.75) is 11.8 Å². The predicted octanol–water partition coefficient (Wildman–Crippen LogP) is 4.29. The molecular weight excluding hydrogens is 358 g/mol. The van der Waals surface area contributed by atoms with E-state index in [1.807, 2.05) is 54.9 Å². The summed E-state index contributed by atoms with van der Waals surface area (Å²) in [7, 11) is 0. The van der Waals surface area contributed by atoms with Crippen LogP contribution in [0.3, 0.4) is 0 Å². The lowest BCUT2D eigenvalue weighted by Crippen LogP contribution is -2.17. The highest BCUT2D eigenvalue weighted by Crippen LogP contribution is 2.42. The summed E-state index contributed by atoms with van der Waals surface area (Å²) in [6.07, 6.45) is 7.25. The van der Waals surface area contributed by atoms with Crippen LogP contribution in [0.5, 0.6) is 0 Å². The van der Waals surface area contributed by atoms with Gasteiger partial charge >= 0.3 is 0 Å². The molecule has 5 nitrogen and oxygen atoms in total. The molecule has 0 radical (unpaired) electrons. The highest BCUT2D eigenvalue weighted by Gasteiger charge is 2.30. The van der Waals surface area contributed by atoms with Gasteiger partial charge in [-0.3, -0.25) is 9.97 Å². The standard InChI is InChI=1S/C24H19N5/c25-14-17-5-1-6-18(13-17)24(21-9-2-10-22(26)29-21)23(19-7-3-11-27-15-19)20-8-4-12-28-16-20/h1-13,15-16,23-24H,(H2,26,29). The van der Waals surface area contributed by atoms with Crippen molar-refractivity contribution in [1.29, 1.82) is 5.26 Å². The Morgan fingerprint density at radius 1 is 0.759 bits per heavy atom. The molecule has 1 unspecified atom stereocenters. The lowest BCUT2D eigenvalue weighted by molar-refractivity contribution is 0.670. The Morgan fingerprint density at radius 2 is 1.41 bits per heavy atom. The maximum absolute atomic E-state index is 9.43. The Morgan fingerprint density at radius 3 is 2.00 bits per heavy atom. The van der Waals surface area contributed by atoms with Gasteiger partial charge in [-0.05, 0) is 53.1 Å². The lowest BCUT2D eigenvalue weighted by atomic mass is 9.76. The molecule has 0 aliphatic carbocycles. The second-order valence-corrected chi connectivity index (χ2v) is 6.75. The van der Waals surface area contributed by atoms with E-state index in [1.165, 1.54) is 0 Å². The molecule has 0 fully saturated rings. The summed E-state index contributed by atoms with van der Waals surface area (Å²) in [6.45, 7) is 0. The Balaban J connectivity index is 1.97. The molecule has 4 aromatic rings. The molecular formula is C24H19N5. The van der Waals surface area contributed by atoms with Crippen LogP contribution in [-0.2, 0) is 0 Å². The Bertz CT molecular complexity index is 1100. The van der Waals surface area contributed by atoms with E-state index in [2.05, 4.69) is 33.2 Å². The second-order valence-electron chi connectivity index (χ2n) is 6.75. The largest absolute Gasteiger partial charge is 0.384 e. The molecule has 0 spiro atoms. The van der Waals surface area contributed by atoms with Gasteiger partial charge in [0, 0.05) is 36.6 Å². The summed E-state index contributed by atoms with van der Waals surface area (Å²) in [5.41, 5.74) is 10.5. The first-order chi connectivity index (χ1) is 14.3. The van der Waals surface area contributed by atoms with Gasteiger partial charge < -0.3 is 5.73 Å². The molecule has 4 rings (SSSR count). The van der Waals surface area contributed by atoms with Crippen molar-refractivity contribution < 1.29 is 0 Å². The molecule has 0 bridgehead atoms. The van der Waals surface area contributed by atoms with Gasteiger partial charge in [-0.25, -0.2) is 4.98 Å². The van der Waals surface area contributed by atoms with Gasteiger partial charge in [-0.1, -0.05) is 30.3 Å². The zero-order valence-corrected chi connectivity index (χ0v) is 15.7. The van der Waals surface area contributed by atoms with E-state index in [0.717, 1.165) is 22.4 Å². The minimum atomic E-state index is -0.166. The van der Waals surface area contributed by atoms with Gasteiger partial charge in [0.2, 0.25) is 0 Å². The average molecular weight is 377 g/mol. The minimum Gasteiger partial charge on any atom is -0.384 e. The fourth-order valence-corrected chi connectivity index (χ4v) is 3.67. The van der Waals surface area contributed by atoms with Gasteiger partial charge in [-0.2, -0.15) is 5.26 Å². The van der Waals surface area contributed by atoms with E-state index in [4.69, 9.17) is 5.73 Å².